The maximum Gasteiger partial charge on any atom is 0.233 e. The maximum atomic E-state index is 14.5. The minimum absolute atomic E-state index is 0.237. The first-order valence-electron chi connectivity index (χ1n) is 11.2. The zero-order valence-electron chi connectivity index (χ0n) is 18.4. The fourth-order valence-electron chi connectivity index (χ4n) is 4.78. The lowest BCUT2D eigenvalue weighted by Gasteiger charge is -2.38. The molecule has 0 unspecified atom stereocenters. The van der Waals surface area contributed by atoms with Gasteiger partial charge in [0.15, 0.2) is 11.5 Å². The van der Waals surface area contributed by atoms with Crippen molar-refractivity contribution in [3.8, 4) is 11.5 Å². The summed E-state index contributed by atoms with van der Waals surface area (Å²) in [4.78, 5) is 17.5. The van der Waals surface area contributed by atoms with E-state index in [0.717, 1.165) is 50.1 Å². The number of rotatable bonds is 7. The summed E-state index contributed by atoms with van der Waals surface area (Å²) >= 11 is 0. The van der Waals surface area contributed by atoms with E-state index in [2.05, 4.69) is 4.90 Å². The van der Waals surface area contributed by atoms with Gasteiger partial charge in [0.05, 0.1) is 18.6 Å². The number of hydrogen-bond donors (Lipinski definition) is 0. The Balaban J connectivity index is 1.42. The number of carbonyl (C=O) groups is 1. The molecule has 2 aliphatic heterocycles. The van der Waals surface area contributed by atoms with Gasteiger partial charge < -0.3 is 14.4 Å². The van der Waals surface area contributed by atoms with Gasteiger partial charge in [0.1, 0.15) is 0 Å². The number of halogens is 1. The molecule has 5 nitrogen and oxygen atoms in total. The van der Waals surface area contributed by atoms with E-state index in [1.165, 1.54) is 0 Å². The van der Waals surface area contributed by atoms with Crippen molar-refractivity contribution in [3.63, 3.8) is 0 Å². The highest BCUT2D eigenvalue weighted by Crippen LogP contribution is 2.43. The minimum atomic E-state index is -0.442. The van der Waals surface area contributed by atoms with Gasteiger partial charge in [-0.3, -0.25) is 9.69 Å². The van der Waals surface area contributed by atoms with Crippen LogP contribution in [0, 0.1) is 11.2 Å². The summed E-state index contributed by atoms with van der Waals surface area (Å²) in [7, 11) is 0. The van der Waals surface area contributed by atoms with Crippen molar-refractivity contribution < 1.29 is 18.7 Å². The summed E-state index contributed by atoms with van der Waals surface area (Å²) in [5.41, 5.74) is 1.71. The minimum Gasteiger partial charge on any atom is -0.491 e. The van der Waals surface area contributed by atoms with Crippen LogP contribution in [0.1, 0.15) is 38.7 Å². The van der Waals surface area contributed by atoms with Gasteiger partial charge in [0, 0.05) is 18.8 Å². The van der Waals surface area contributed by atoms with Crippen molar-refractivity contribution >= 4 is 11.6 Å². The molecule has 2 fully saturated rings. The Bertz CT molecular complexity index is 883. The summed E-state index contributed by atoms with van der Waals surface area (Å²) in [5, 5.41) is 0. The molecule has 0 atom stereocenters. The molecule has 31 heavy (non-hydrogen) atoms. The molecule has 4 rings (SSSR count). The molecule has 0 saturated carbocycles. The normalized spacial score (nSPS) is 18.5. The van der Waals surface area contributed by atoms with Gasteiger partial charge in [0.25, 0.3) is 0 Å². The van der Waals surface area contributed by atoms with E-state index in [-0.39, 0.29) is 22.8 Å². The summed E-state index contributed by atoms with van der Waals surface area (Å²) in [6.07, 6.45) is 2.62. The maximum absolute atomic E-state index is 14.5. The molecular formula is C25H31FN2O3. The molecule has 2 aromatic carbocycles. The number of para-hydroxylation sites is 1. The van der Waals surface area contributed by atoms with Crippen LogP contribution in [0.2, 0.25) is 0 Å². The Morgan fingerprint density at radius 1 is 0.935 bits per heavy atom. The van der Waals surface area contributed by atoms with Crippen molar-refractivity contribution in [3.05, 3.63) is 53.8 Å². The molecular weight excluding hydrogens is 395 g/mol. The highest BCUT2D eigenvalue weighted by Gasteiger charge is 2.48. The largest absolute Gasteiger partial charge is 0.491 e. The monoisotopic (exact) mass is 426 g/mol. The number of nitrogens with zero attached hydrogens (tertiary/aromatic N) is 2. The van der Waals surface area contributed by atoms with E-state index in [1.807, 2.05) is 49.1 Å². The van der Waals surface area contributed by atoms with Crippen LogP contribution in [-0.4, -0.2) is 43.7 Å². The number of hydrogen-bond acceptors (Lipinski definition) is 4. The molecule has 2 saturated heterocycles. The molecule has 1 amide bonds. The first-order valence-corrected chi connectivity index (χ1v) is 11.2. The topological polar surface area (TPSA) is 42.0 Å². The Morgan fingerprint density at radius 2 is 1.52 bits per heavy atom. The third-order valence-electron chi connectivity index (χ3n) is 6.47. The molecule has 2 aliphatic rings. The van der Waals surface area contributed by atoms with Crippen LogP contribution in [0.3, 0.4) is 0 Å². The van der Waals surface area contributed by atoms with Crippen molar-refractivity contribution in [2.45, 2.75) is 39.7 Å². The van der Waals surface area contributed by atoms with Crippen LogP contribution in [-0.2, 0) is 11.3 Å². The van der Waals surface area contributed by atoms with E-state index in [1.54, 1.807) is 12.1 Å². The van der Waals surface area contributed by atoms with Gasteiger partial charge in [-0.15, -0.1) is 0 Å². The molecule has 0 bridgehead atoms. The molecule has 166 valence electrons. The van der Waals surface area contributed by atoms with Crippen molar-refractivity contribution in [1.29, 1.82) is 0 Å². The van der Waals surface area contributed by atoms with Gasteiger partial charge in [-0.1, -0.05) is 18.2 Å². The molecule has 2 aromatic rings. The smallest absolute Gasteiger partial charge is 0.233 e. The Labute approximate surface area is 183 Å². The van der Waals surface area contributed by atoms with Gasteiger partial charge in [-0.25, -0.2) is 0 Å². The lowest BCUT2D eigenvalue weighted by Crippen LogP contribution is -2.44. The average molecular weight is 427 g/mol. The quantitative estimate of drug-likeness (QED) is 0.647. The number of benzene rings is 2. The molecule has 6 heteroatoms. The summed E-state index contributed by atoms with van der Waals surface area (Å²) in [6.45, 7) is 7.65. The number of piperidine rings is 1. The summed E-state index contributed by atoms with van der Waals surface area (Å²) in [6, 6.07) is 13.5. The van der Waals surface area contributed by atoms with Crippen LogP contribution in [0.25, 0.3) is 0 Å². The second-order valence-corrected chi connectivity index (χ2v) is 8.37. The number of amides is 1. The van der Waals surface area contributed by atoms with Gasteiger partial charge in [-0.2, -0.15) is 4.39 Å². The first kappa shape index (κ1) is 21.6. The lowest BCUT2D eigenvalue weighted by molar-refractivity contribution is -0.128. The molecule has 0 aliphatic carbocycles. The zero-order chi connectivity index (χ0) is 21.8. The van der Waals surface area contributed by atoms with Gasteiger partial charge >= 0.3 is 0 Å². The van der Waals surface area contributed by atoms with E-state index in [0.29, 0.717) is 19.8 Å². The van der Waals surface area contributed by atoms with Crippen molar-refractivity contribution in [2.24, 2.45) is 5.41 Å². The molecule has 0 N–H and O–H groups in total. The lowest BCUT2D eigenvalue weighted by atomic mass is 9.77. The molecule has 2 heterocycles. The summed E-state index contributed by atoms with van der Waals surface area (Å²) in [5.74, 6) is 0.294. The van der Waals surface area contributed by atoms with E-state index in [4.69, 9.17) is 9.47 Å². The third-order valence-corrected chi connectivity index (χ3v) is 6.47. The number of likely N-dealkylation sites (tertiary alicyclic amines) is 1. The van der Waals surface area contributed by atoms with Gasteiger partial charge in [-0.05, 0) is 76.0 Å². The van der Waals surface area contributed by atoms with Crippen LogP contribution in [0.5, 0.6) is 11.5 Å². The first-order chi connectivity index (χ1) is 15.1. The van der Waals surface area contributed by atoms with E-state index in [9.17, 15) is 9.18 Å². The summed E-state index contributed by atoms with van der Waals surface area (Å²) < 4.78 is 25.5. The fraction of sp³-hybridized carbons (Fsp3) is 0.480. The predicted octanol–water partition coefficient (Wildman–Crippen LogP) is 4.64. The number of ether oxygens (including phenoxy) is 2. The zero-order valence-corrected chi connectivity index (χ0v) is 18.4. The predicted molar refractivity (Wildman–Crippen MR) is 119 cm³/mol. The number of anilines is 1. The Kier molecular flexibility index (Phi) is 6.46. The molecule has 1 spiro atoms. The van der Waals surface area contributed by atoms with Gasteiger partial charge in [0.2, 0.25) is 11.7 Å². The van der Waals surface area contributed by atoms with Crippen molar-refractivity contribution in [1.82, 2.24) is 4.90 Å². The second-order valence-electron chi connectivity index (χ2n) is 8.37. The number of carbonyl (C=O) groups excluding carboxylic acids is 1. The Hall–Kier alpha value is -2.60. The SMILES string of the molecule is CCOc1cc(CN2CCC3(CC2)CCN(c2ccccc2)C3=O)cc(OCC)c1F. The van der Waals surface area contributed by atoms with Crippen LogP contribution >= 0.6 is 0 Å². The van der Waals surface area contributed by atoms with Crippen LogP contribution < -0.4 is 14.4 Å². The standard InChI is InChI=1S/C25H31FN2O3/c1-3-30-21-16-19(17-22(23(21)26)31-4-2)18-27-13-10-25(11-14-27)12-15-28(24(25)29)20-8-6-5-7-9-20/h5-9,16-17H,3-4,10-15,18H2,1-2H3. The fourth-order valence-corrected chi connectivity index (χ4v) is 4.78. The van der Waals surface area contributed by atoms with Crippen LogP contribution in [0.4, 0.5) is 10.1 Å². The van der Waals surface area contributed by atoms with Crippen LogP contribution in [0.15, 0.2) is 42.5 Å². The average Bonchev–Trinajstić information content (AvgIpc) is 3.10. The molecule has 0 aromatic heterocycles. The second kappa shape index (κ2) is 9.27. The third kappa shape index (κ3) is 4.40. The Morgan fingerprint density at radius 3 is 2.10 bits per heavy atom. The highest BCUT2D eigenvalue weighted by molar-refractivity contribution is 5.99. The van der Waals surface area contributed by atoms with E-state index >= 15 is 0 Å². The molecule has 0 radical (unpaired) electrons. The van der Waals surface area contributed by atoms with E-state index < -0.39 is 5.82 Å². The van der Waals surface area contributed by atoms with Crippen molar-refractivity contribution in [2.75, 3.05) is 37.7 Å². The highest BCUT2D eigenvalue weighted by atomic mass is 19.1.